The van der Waals surface area contributed by atoms with Crippen molar-refractivity contribution in [2.45, 2.75) is 39.0 Å². The van der Waals surface area contributed by atoms with Gasteiger partial charge in [-0.25, -0.2) is 17.6 Å². The fourth-order valence-corrected chi connectivity index (χ4v) is 4.25. The molecule has 38 heavy (non-hydrogen) atoms. The molecule has 0 aliphatic heterocycles. The number of benzene rings is 4. The third-order valence-electron chi connectivity index (χ3n) is 6.08. The molecule has 0 spiro atoms. The van der Waals surface area contributed by atoms with Crippen LogP contribution in [0, 0.1) is 23.3 Å². The van der Waals surface area contributed by atoms with Gasteiger partial charge in [0, 0.05) is 11.5 Å². The zero-order valence-corrected chi connectivity index (χ0v) is 20.3. The van der Waals surface area contributed by atoms with E-state index in [1.807, 2.05) is 13.0 Å². The Balaban J connectivity index is 1.44. The summed E-state index contributed by atoms with van der Waals surface area (Å²) < 4.78 is 103. The van der Waals surface area contributed by atoms with Gasteiger partial charge in [0.15, 0.2) is 11.6 Å². The molecular weight excluding hydrogens is 513 g/mol. The normalized spacial score (nSPS) is 11.7. The van der Waals surface area contributed by atoms with Crippen molar-refractivity contribution in [2.75, 3.05) is 6.61 Å². The van der Waals surface area contributed by atoms with Gasteiger partial charge in [-0.05, 0) is 78.4 Å². The molecule has 4 aromatic rings. The molecule has 9 heteroatoms. The van der Waals surface area contributed by atoms with Crippen molar-refractivity contribution in [3.05, 3.63) is 106 Å². The molecule has 0 aliphatic rings. The second-order valence-corrected chi connectivity index (χ2v) is 8.72. The van der Waals surface area contributed by atoms with Crippen LogP contribution in [-0.4, -0.2) is 13.0 Å². The van der Waals surface area contributed by atoms with Crippen LogP contribution in [0.5, 0.6) is 11.5 Å². The van der Waals surface area contributed by atoms with Gasteiger partial charge in [0.1, 0.15) is 17.4 Å². The standard InChI is InChI=1S/C29H23F7O2/c1-2-37-22-11-10-19(24(30)16-22)6-3-17-5-12-23-21(13-17)9-8-20(27(23)33)7-4-18-14-25(31)28(26(32)15-18)38-29(34,35)36/h5,8-16H,2-4,6-7H2,1H3. The summed E-state index contributed by atoms with van der Waals surface area (Å²) in [6.07, 6.45) is -4.18. The summed E-state index contributed by atoms with van der Waals surface area (Å²) in [5.41, 5.74) is 1.79. The van der Waals surface area contributed by atoms with Crippen LogP contribution >= 0.6 is 0 Å². The van der Waals surface area contributed by atoms with Crippen molar-refractivity contribution in [3.8, 4) is 11.5 Å². The van der Waals surface area contributed by atoms with E-state index in [4.69, 9.17) is 4.74 Å². The first kappa shape index (κ1) is 27.3. The molecule has 0 saturated heterocycles. The summed E-state index contributed by atoms with van der Waals surface area (Å²) in [4.78, 5) is 0. The Morgan fingerprint density at radius 1 is 0.658 bits per heavy atom. The van der Waals surface area contributed by atoms with Crippen molar-refractivity contribution in [1.82, 2.24) is 0 Å². The number of alkyl halides is 3. The van der Waals surface area contributed by atoms with Gasteiger partial charge >= 0.3 is 6.36 Å². The number of fused-ring (bicyclic) bond motifs is 1. The molecule has 2 nitrogen and oxygen atoms in total. The summed E-state index contributed by atoms with van der Waals surface area (Å²) in [5, 5.41) is 0.992. The highest BCUT2D eigenvalue weighted by Crippen LogP contribution is 2.30. The molecule has 0 N–H and O–H groups in total. The van der Waals surface area contributed by atoms with Crippen molar-refractivity contribution in [1.29, 1.82) is 0 Å². The third-order valence-corrected chi connectivity index (χ3v) is 6.08. The van der Waals surface area contributed by atoms with Gasteiger partial charge in [0.25, 0.3) is 0 Å². The first-order valence-electron chi connectivity index (χ1n) is 11.9. The number of ether oxygens (including phenoxy) is 2. The van der Waals surface area contributed by atoms with Gasteiger partial charge in [-0.2, -0.15) is 0 Å². The van der Waals surface area contributed by atoms with Gasteiger partial charge < -0.3 is 9.47 Å². The van der Waals surface area contributed by atoms with Crippen LogP contribution < -0.4 is 9.47 Å². The van der Waals surface area contributed by atoms with Crippen molar-refractivity contribution in [3.63, 3.8) is 0 Å². The highest BCUT2D eigenvalue weighted by molar-refractivity contribution is 5.84. The van der Waals surface area contributed by atoms with E-state index in [0.29, 0.717) is 41.5 Å². The van der Waals surface area contributed by atoms with Gasteiger partial charge in [0.2, 0.25) is 5.75 Å². The Morgan fingerprint density at radius 3 is 1.97 bits per heavy atom. The Bertz CT molecular complexity index is 1420. The van der Waals surface area contributed by atoms with Crippen LogP contribution in [0.1, 0.15) is 29.2 Å². The number of halogens is 7. The number of rotatable bonds is 9. The smallest absolute Gasteiger partial charge is 0.494 e. The second kappa shape index (κ2) is 11.3. The van der Waals surface area contributed by atoms with Crippen molar-refractivity contribution >= 4 is 10.8 Å². The zero-order chi connectivity index (χ0) is 27.4. The fourth-order valence-electron chi connectivity index (χ4n) is 4.25. The van der Waals surface area contributed by atoms with Gasteiger partial charge in [0.05, 0.1) is 6.61 Å². The lowest BCUT2D eigenvalue weighted by atomic mass is 9.97. The van der Waals surface area contributed by atoms with E-state index in [9.17, 15) is 26.3 Å². The molecule has 0 amide bonds. The van der Waals surface area contributed by atoms with E-state index in [1.54, 1.807) is 36.4 Å². The quantitative estimate of drug-likeness (QED) is 0.201. The Labute approximate surface area is 214 Å². The molecule has 0 aliphatic carbocycles. The molecule has 0 bridgehead atoms. The van der Waals surface area contributed by atoms with E-state index >= 15 is 4.39 Å². The lowest BCUT2D eigenvalue weighted by molar-refractivity contribution is -0.276. The van der Waals surface area contributed by atoms with Crippen LogP contribution in [0.15, 0.2) is 60.7 Å². The molecule has 0 fully saturated rings. The summed E-state index contributed by atoms with van der Waals surface area (Å²) in [5.74, 6) is -4.89. The van der Waals surface area contributed by atoms with Gasteiger partial charge in [-0.15, -0.1) is 13.2 Å². The van der Waals surface area contributed by atoms with Gasteiger partial charge in [-0.3, -0.25) is 0 Å². The van der Waals surface area contributed by atoms with Crippen LogP contribution in [0.3, 0.4) is 0 Å². The molecule has 0 heterocycles. The average Bonchev–Trinajstić information content (AvgIpc) is 2.85. The van der Waals surface area contributed by atoms with E-state index in [0.717, 1.165) is 17.7 Å². The Kier molecular flexibility index (Phi) is 8.14. The zero-order valence-electron chi connectivity index (χ0n) is 20.3. The van der Waals surface area contributed by atoms with E-state index in [2.05, 4.69) is 4.74 Å². The van der Waals surface area contributed by atoms with Crippen LogP contribution in [0.25, 0.3) is 10.8 Å². The summed E-state index contributed by atoms with van der Waals surface area (Å²) in [6, 6.07) is 14.7. The lowest BCUT2D eigenvalue weighted by Crippen LogP contribution is -2.19. The minimum absolute atomic E-state index is 0.00566. The molecule has 200 valence electrons. The van der Waals surface area contributed by atoms with E-state index < -0.39 is 29.6 Å². The number of aryl methyl sites for hydroxylation is 4. The van der Waals surface area contributed by atoms with Crippen LogP contribution in [0.4, 0.5) is 30.7 Å². The molecule has 0 saturated carbocycles. The molecule has 0 aromatic heterocycles. The summed E-state index contributed by atoms with van der Waals surface area (Å²) >= 11 is 0. The van der Waals surface area contributed by atoms with Crippen molar-refractivity contribution in [2.24, 2.45) is 0 Å². The maximum Gasteiger partial charge on any atom is 0.573 e. The molecule has 4 rings (SSSR count). The predicted molar refractivity (Wildman–Crippen MR) is 129 cm³/mol. The van der Waals surface area contributed by atoms with E-state index in [-0.39, 0.29) is 29.8 Å². The number of hydrogen-bond acceptors (Lipinski definition) is 2. The average molecular weight is 536 g/mol. The highest BCUT2D eigenvalue weighted by Gasteiger charge is 2.34. The SMILES string of the molecule is CCOc1ccc(CCc2ccc3c(F)c(CCc4cc(F)c(OC(F)(F)F)c(F)c4)ccc3c2)c(F)c1. The van der Waals surface area contributed by atoms with Crippen LogP contribution in [0.2, 0.25) is 0 Å². The monoisotopic (exact) mass is 536 g/mol. The molecular formula is C29H23F7O2. The number of hydrogen-bond donors (Lipinski definition) is 0. The predicted octanol–water partition coefficient (Wildman–Crippen LogP) is 8.26. The second-order valence-electron chi connectivity index (χ2n) is 8.72. The maximum atomic E-state index is 15.2. The first-order chi connectivity index (χ1) is 18.0. The molecule has 0 radical (unpaired) electrons. The molecule has 0 unspecified atom stereocenters. The minimum atomic E-state index is -5.23. The summed E-state index contributed by atoms with van der Waals surface area (Å²) in [6.45, 7) is 2.26. The summed E-state index contributed by atoms with van der Waals surface area (Å²) in [7, 11) is 0. The van der Waals surface area contributed by atoms with Crippen molar-refractivity contribution < 1.29 is 40.2 Å². The lowest BCUT2D eigenvalue weighted by Gasteiger charge is -2.12. The Hall–Kier alpha value is -3.75. The van der Waals surface area contributed by atoms with Gasteiger partial charge in [-0.1, -0.05) is 36.4 Å². The maximum absolute atomic E-state index is 15.2. The third kappa shape index (κ3) is 6.57. The molecule has 4 aromatic carbocycles. The topological polar surface area (TPSA) is 18.5 Å². The van der Waals surface area contributed by atoms with Crippen LogP contribution in [-0.2, 0) is 25.7 Å². The first-order valence-corrected chi connectivity index (χ1v) is 11.9. The fraction of sp³-hybridized carbons (Fsp3) is 0.241. The Morgan fingerprint density at radius 2 is 1.32 bits per heavy atom. The minimum Gasteiger partial charge on any atom is -0.494 e. The largest absolute Gasteiger partial charge is 0.573 e. The van der Waals surface area contributed by atoms with E-state index in [1.165, 1.54) is 6.07 Å². The highest BCUT2D eigenvalue weighted by atomic mass is 19.4. The molecule has 0 atom stereocenters.